The molecule has 118 valence electrons. The summed E-state index contributed by atoms with van der Waals surface area (Å²) in [4.78, 5) is 12.7. The maximum absolute atomic E-state index is 12.7. The summed E-state index contributed by atoms with van der Waals surface area (Å²) < 4.78 is 1.27. The van der Waals surface area contributed by atoms with Gasteiger partial charge in [0.15, 0.2) is 10.9 Å². The summed E-state index contributed by atoms with van der Waals surface area (Å²) in [7, 11) is 0. The summed E-state index contributed by atoms with van der Waals surface area (Å²) in [6.45, 7) is 6.11. The van der Waals surface area contributed by atoms with Crippen LogP contribution in [0.2, 0.25) is 5.15 Å². The fourth-order valence-corrected chi connectivity index (χ4v) is 3.03. The van der Waals surface area contributed by atoms with E-state index in [1.807, 2.05) is 51.1 Å². The van der Waals surface area contributed by atoms with Crippen LogP contribution in [0, 0.1) is 13.8 Å². The first-order chi connectivity index (χ1) is 10.9. The Morgan fingerprint density at radius 2 is 1.87 bits per heavy atom. The highest BCUT2D eigenvalue weighted by atomic mass is 35.5. The van der Waals surface area contributed by atoms with Gasteiger partial charge in [0.25, 0.3) is 5.56 Å². The number of nitrogens with zero attached hydrogens (tertiary/aromatic N) is 2. The first kappa shape index (κ1) is 15.6. The van der Waals surface area contributed by atoms with Crippen molar-refractivity contribution in [3.8, 4) is 16.9 Å². The third kappa shape index (κ3) is 2.49. The van der Waals surface area contributed by atoms with E-state index in [2.05, 4.69) is 5.10 Å². The molecule has 3 aromatic rings. The fourth-order valence-electron chi connectivity index (χ4n) is 2.85. The Hall–Kier alpha value is -2.33. The van der Waals surface area contributed by atoms with Gasteiger partial charge < -0.3 is 5.11 Å². The van der Waals surface area contributed by atoms with Crippen molar-refractivity contribution >= 4 is 22.4 Å². The van der Waals surface area contributed by atoms with Crippen LogP contribution < -0.4 is 5.56 Å². The van der Waals surface area contributed by atoms with Crippen molar-refractivity contribution in [3.63, 3.8) is 0 Å². The summed E-state index contributed by atoms with van der Waals surface area (Å²) >= 11 is 6.03. The third-order valence-corrected chi connectivity index (χ3v) is 4.28. The molecule has 5 heteroatoms. The molecule has 0 amide bonds. The second-order valence-corrected chi connectivity index (χ2v) is 5.98. The van der Waals surface area contributed by atoms with Crippen molar-refractivity contribution in [3.05, 3.63) is 57.0 Å². The van der Waals surface area contributed by atoms with E-state index in [1.165, 1.54) is 4.68 Å². The van der Waals surface area contributed by atoms with Gasteiger partial charge in [-0.1, -0.05) is 47.5 Å². The first-order valence-electron chi connectivity index (χ1n) is 7.44. The number of aromatic nitrogens is 2. The molecule has 2 aromatic carbocycles. The Balaban J connectivity index is 2.51. The number of hydrogen-bond donors (Lipinski definition) is 1. The molecule has 4 nitrogen and oxygen atoms in total. The Labute approximate surface area is 139 Å². The molecule has 0 aliphatic carbocycles. The normalized spacial score (nSPS) is 11.1. The van der Waals surface area contributed by atoms with Gasteiger partial charge in [0.2, 0.25) is 0 Å². The number of fused-ring (bicyclic) bond motifs is 1. The maximum Gasteiger partial charge on any atom is 0.278 e. The third-order valence-electron chi connectivity index (χ3n) is 4.02. The molecule has 1 N–H and O–H groups in total. The van der Waals surface area contributed by atoms with E-state index < -0.39 is 0 Å². The number of benzene rings is 2. The zero-order chi connectivity index (χ0) is 16.7. The van der Waals surface area contributed by atoms with Gasteiger partial charge in [-0.2, -0.15) is 5.10 Å². The van der Waals surface area contributed by atoms with Gasteiger partial charge in [0.1, 0.15) is 0 Å². The van der Waals surface area contributed by atoms with Crippen LogP contribution >= 0.6 is 11.6 Å². The van der Waals surface area contributed by atoms with Crippen molar-refractivity contribution in [2.75, 3.05) is 0 Å². The lowest BCUT2D eigenvalue weighted by atomic mass is 9.93. The predicted octanol–water partition coefficient (Wildman–Crippen LogP) is 4.06. The van der Waals surface area contributed by atoms with E-state index >= 15 is 0 Å². The topological polar surface area (TPSA) is 55.1 Å². The minimum Gasteiger partial charge on any atom is -0.504 e. The molecule has 0 bridgehead atoms. The zero-order valence-corrected chi connectivity index (χ0v) is 14.0. The second kappa shape index (κ2) is 5.70. The Morgan fingerprint density at radius 3 is 2.57 bits per heavy atom. The average molecular weight is 329 g/mol. The largest absolute Gasteiger partial charge is 0.504 e. The molecule has 1 heterocycles. The second-order valence-electron chi connectivity index (χ2n) is 5.62. The number of halogens is 1. The molecule has 0 aliphatic rings. The molecule has 0 fully saturated rings. The van der Waals surface area contributed by atoms with Crippen molar-refractivity contribution in [2.45, 2.75) is 27.3 Å². The van der Waals surface area contributed by atoms with Crippen LogP contribution in [0.15, 0.2) is 35.1 Å². The lowest BCUT2D eigenvalue weighted by Crippen LogP contribution is -2.24. The molecule has 0 saturated carbocycles. The standard InChI is InChI=1S/C18H17ClN2O2/c1-4-21-18(23)15(16(22)17(19)20-21)14-11(3)6-8-12-7-5-10(2)9-13(12)14/h5-9,22H,4H2,1-3H3. The van der Waals surface area contributed by atoms with Crippen LogP contribution in [-0.4, -0.2) is 14.9 Å². The summed E-state index contributed by atoms with van der Waals surface area (Å²) in [5, 5.41) is 16.2. The fraction of sp³-hybridized carbons (Fsp3) is 0.222. The Kier molecular flexibility index (Phi) is 3.86. The number of aromatic hydroxyl groups is 1. The number of hydrogen-bond acceptors (Lipinski definition) is 3. The lowest BCUT2D eigenvalue weighted by Gasteiger charge is -2.14. The predicted molar refractivity (Wildman–Crippen MR) is 93.3 cm³/mol. The van der Waals surface area contributed by atoms with Crippen molar-refractivity contribution in [2.24, 2.45) is 0 Å². The highest BCUT2D eigenvalue weighted by molar-refractivity contribution is 6.31. The van der Waals surface area contributed by atoms with Gasteiger partial charge in [0, 0.05) is 12.1 Å². The molecule has 0 aliphatic heterocycles. The van der Waals surface area contributed by atoms with E-state index in [-0.39, 0.29) is 22.0 Å². The molecule has 0 radical (unpaired) electrons. The van der Waals surface area contributed by atoms with E-state index in [0.29, 0.717) is 12.1 Å². The monoisotopic (exact) mass is 328 g/mol. The Morgan fingerprint density at radius 1 is 1.17 bits per heavy atom. The molecule has 0 saturated heterocycles. The van der Waals surface area contributed by atoms with Crippen LogP contribution in [-0.2, 0) is 6.54 Å². The number of rotatable bonds is 2. The maximum atomic E-state index is 12.7. The summed E-state index contributed by atoms with van der Waals surface area (Å²) in [6, 6.07) is 9.99. The smallest absolute Gasteiger partial charge is 0.278 e. The first-order valence-corrected chi connectivity index (χ1v) is 7.81. The highest BCUT2D eigenvalue weighted by Gasteiger charge is 2.20. The summed E-state index contributed by atoms with van der Waals surface area (Å²) in [5.41, 5.74) is 2.56. The highest BCUT2D eigenvalue weighted by Crippen LogP contribution is 2.37. The molecule has 0 unspecified atom stereocenters. The van der Waals surface area contributed by atoms with E-state index in [1.54, 1.807) is 0 Å². The molecule has 1 aromatic heterocycles. The molecular weight excluding hydrogens is 312 g/mol. The van der Waals surface area contributed by atoms with Gasteiger partial charge in [-0.3, -0.25) is 4.79 Å². The molecule has 3 rings (SSSR count). The van der Waals surface area contributed by atoms with E-state index in [9.17, 15) is 9.90 Å². The van der Waals surface area contributed by atoms with Crippen LogP contribution in [0.3, 0.4) is 0 Å². The van der Waals surface area contributed by atoms with Crippen LogP contribution in [0.1, 0.15) is 18.1 Å². The summed E-state index contributed by atoms with van der Waals surface area (Å²) in [6.07, 6.45) is 0. The van der Waals surface area contributed by atoms with Crippen LogP contribution in [0.25, 0.3) is 21.9 Å². The van der Waals surface area contributed by atoms with Crippen molar-refractivity contribution < 1.29 is 5.11 Å². The van der Waals surface area contributed by atoms with Gasteiger partial charge in [-0.25, -0.2) is 4.68 Å². The molecule has 23 heavy (non-hydrogen) atoms. The molecule has 0 spiro atoms. The van der Waals surface area contributed by atoms with Crippen molar-refractivity contribution in [1.82, 2.24) is 9.78 Å². The van der Waals surface area contributed by atoms with Crippen LogP contribution in [0.5, 0.6) is 5.75 Å². The van der Waals surface area contributed by atoms with E-state index in [4.69, 9.17) is 11.6 Å². The molecule has 0 atom stereocenters. The van der Waals surface area contributed by atoms with Gasteiger partial charge in [-0.15, -0.1) is 0 Å². The zero-order valence-electron chi connectivity index (χ0n) is 13.2. The summed E-state index contributed by atoms with van der Waals surface area (Å²) in [5.74, 6) is -0.265. The molecular formula is C18H17ClN2O2. The van der Waals surface area contributed by atoms with Crippen molar-refractivity contribution in [1.29, 1.82) is 0 Å². The van der Waals surface area contributed by atoms with Gasteiger partial charge in [0.05, 0.1) is 5.56 Å². The van der Waals surface area contributed by atoms with E-state index in [0.717, 1.165) is 21.9 Å². The SMILES string of the molecule is CCn1nc(Cl)c(O)c(-c2c(C)ccc3ccc(C)cc23)c1=O. The van der Waals surface area contributed by atoms with Gasteiger partial charge >= 0.3 is 0 Å². The average Bonchev–Trinajstić information content (AvgIpc) is 2.53. The lowest BCUT2D eigenvalue weighted by molar-refractivity contribution is 0.464. The number of aryl methyl sites for hydroxylation is 3. The Bertz CT molecular complexity index is 972. The minimum atomic E-state index is -0.341. The van der Waals surface area contributed by atoms with Gasteiger partial charge in [-0.05, 0) is 37.1 Å². The minimum absolute atomic E-state index is 0.0643. The van der Waals surface area contributed by atoms with Crippen LogP contribution in [0.4, 0.5) is 0 Å². The quantitative estimate of drug-likeness (QED) is 0.771.